The van der Waals surface area contributed by atoms with Crippen molar-refractivity contribution in [3.05, 3.63) is 12.3 Å². The summed E-state index contributed by atoms with van der Waals surface area (Å²) in [6.45, 7) is 6.02. The van der Waals surface area contributed by atoms with Crippen LogP contribution in [0, 0.1) is 5.41 Å². The maximum Gasteiger partial charge on any atom is 0.264 e. The van der Waals surface area contributed by atoms with Gasteiger partial charge in [0.2, 0.25) is 0 Å². The Kier molecular flexibility index (Phi) is 1.98. The van der Waals surface area contributed by atoms with Crippen LogP contribution in [0.5, 0.6) is 0 Å². The molecular formula is C8H13FN2. The van der Waals surface area contributed by atoms with E-state index in [9.17, 15) is 4.39 Å². The molecule has 0 fully saturated rings. The van der Waals surface area contributed by atoms with Crippen molar-refractivity contribution in [2.75, 3.05) is 0 Å². The fourth-order valence-corrected chi connectivity index (χ4v) is 0.853. The van der Waals surface area contributed by atoms with Gasteiger partial charge in [-0.1, -0.05) is 20.8 Å². The molecule has 0 saturated carbocycles. The van der Waals surface area contributed by atoms with E-state index in [-0.39, 0.29) is 5.41 Å². The summed E-state index contributed by atoms with van der Waals surface area (Å²) in [5, 5.41) is 2.45. The molecule has 1 aliphatic rings. The number of alkyl halides is 1. The SMILES string of the molecule is CC(C)(C)C1=NC(F)NC=C1. The summed E-state index contributed by atoms with van der Waals surface area (Å²) in [6.07, 6.45) is 2.13. The van der Waals surface area contributed by atoms with Crippen molar-refractivity contribution in [3.63, 3.8) is 0 Å². The molecule has 0 aliphatic carbocycles. The number of halogens is 1. The second-order valence-electron chi connectivity index (χ2n) is 3.60. The van der Waals surface area contributed by atoms with Crippen LogP contribution >= 0.6 is 0 Å². The summed E-state index contributed by atoms with van der Waals surface area (Å²) < 4.78 is 12.6. The van der Waals surface area contributed by atoms with Gasteiger partial charge >= 0.3 is 0 Å². The van der Waals surface area contributed by atoms with E-state index in [4.69, 9.17) is 0 Å². The molecule has 62 valence electrons. The molecule has 0 aromatic carbocycles. The Morgan fingerprint density at radius 3 is 2.55 bits per heavy atom. The van der Waals surface area contributed by atoms with E-state index in [0.717, 1.165) is 5.71 Å². The maximum atomic E-state index is 12.6. The predicted molar refractivity (Wildman–Crippen MR) is 44.1 cm³/mol. The molecule has 3 heteroatoms. The number of allylic oxidation sites excluding steroid dienone is 1. The molecule has 11 heavy (non-hydrogen) atoms. The van der Waals surface area contributed by atoms with Crippen LogP contribution in [0.15, 0.2) is 17.3 Å². The monoisotopic (exact) mass is 156 g/mol. The summed E-state index contributed by atoms with van der Waals surface area (Å²) in [6, 6.07) is 0. The van der Waals surface area contributed by atoms with Gasteiger partial charge in [-0.05, 0) is 6.08 Å². The average Bonchev–Trinajstić information content (AvgIpc) is 1.86. The second kappa shape index (κ2) is 2.64. The molecule has 0 saturated heterocycles. The van der Waals surface area contributed by atoms with Gasteiger partial charge in [0.1, 0.15) is 0 Å². The van der Waals surface area contributed by atoms with Gasteiger partial charge in [-0.15, -0.1) is 0 Å². The van der Waals surface area contributed by atoms with Crippen molar-refractivity contribution in [1.82, 2.24) is 5.32 Å². The molecule has 0 aromatic rings. The number of aliphatic imine (C=N–C) groups is 1. The fourth-order valence-electron chi connectivity index (χ4n) is 0.853. The van der Waals surface area contributed by atoms with Crippen molar-refractivity contribution < 1.29 is 4.39 Å². The minimum atomic E-state index is -1.27. The van der Waals surface area contributed by atoms with E-state index in [2.05, 4.69) is 10.3 Å². The van der Waals surface area contributed by atoms with Gasteiger partial charge in [0, 0.05) is 17.3 Å². The molecule has 0 amide bonds. The molecule has 1 rings (SSSR count). The third kappa shape index (κ3) is 2.03. The minimum absolute atomic E-state index is 0.0665. The Morgan fingerprint density at radius 1 is 1.55 bits per heavy atom. The zero-order chi connectivity index (χ0) is 8.48. The van der Waals surface area contributed by atoms with Crippen molar-refractivity contribution in [2.24, 2.45) is 10.4 Å². The molecule has 1 heterocycles. The molecule has 0 radical (unpaired) electrons. The molecule has 1 atom stereocenters. The molecule has 0 aromatic heterocycles. The predicted octanol–water partition coefficient (Wildman–Crippen LogP) is 1.84. The molecule has 0 bridgehead atoms. The number of nitrogens with one attached hydrogen (secondary N) is 1. The number of hydrogen-bond acceptors (Lipinski definition) is 2. The van der Waals surface area contributed by atoms with Crippen LogP contribution in [0.1, 0.15) is 20.8 Å². The largest absolute Gasteiger partial charge is 0.344 e. The van der Waals surface area contributed by atoms with E-state index in [1.807, 2.05) is 20.8 Å². The van der Waals surface area contributed by atoms with Crippen molar-refractivity contribution >= 4 is 5.71 Å². The third-order valence-corrected chi connectivity index (χ3v) is 1.50. The number of rotatable bonds is 0. The van der Waals surface area contributed by atoms with Crippen molar-refractivity contribution in [3.8, 4) is 0 Å². The highest BCUT2D eigenvalue weighted by molar-refractivity contribution is 5.99. The Morgan fingerprint density at radius 2 is 2.18 bits per heavy atom. The first-order valence-electron chi connectivity index (χ1n) is 3.65. The second-order valence-corrected chi connectivity index (χ2v) is 3.60. The lowest BCUT2D eigenvalue weighted by Crippen LogP contribution is -2.28. The van der Waals surface area contributed by atoms with Crippen LogP contribution in [0.2, 0.25) is 0 Å². The molecular weight excluding hydrogens is 143 g/mol. The molecule has 0 spiro atoms. The van der Waals surface area contributed by atoms with Gasteiger partial charge in [-0.3, -0.25) is 0 Å². The van der Waals surface area contributed by atoms with E-state index in [0.29, 0.717) is 0 Å². The lowest BCUT2D eigenvalue weighted by molar-refractivity contribution is 0.309. The zero-order valence-electron chi connectivity index (χ0n) is 7.06. The van der Waals surface area contributed by atoms with Gasteiger partial charge in [-0.2, -0.15) is 4.39 Å². The highest BCUT2D eigenvalue weighted by Crippen LogP contribution is 2.19. The zero-order valence-corrected chi connectivity index (χ0v) is 7.06. The third-order valence-electron chi connectivity index (χ3n) is 1.50. The van der Waals surface area contributed by atoms with Crippen LogP contribution in [0.3, 0.4) is 0 Å². The van der Waals surface area contributed by atoms with Gasteiger partial charge in [0.05, 0.1) is 0 Å². The Bertz CT molecular complexity index is 201. The van der Waals surface area contributed by atoms with E-state index in [1.165, 1.54) is 0 Å². The van der Waals surface area contributed by atoms with Crippen LogP contribution in [-0.2, 0) is 0 Å². The molecule has 1 N–H and O–H groups in total. The van der Waals surface area contributed by atoms with Crippen LogP contribution in [-0.4, -0.2) is 12.1 Å². The highest BCUT2D eigenvalue weighted by atomic mass is 19.1. The first-order chi connectivity index (χ1) is 5.00. The average molecular weight is 156 g/mol. The van der Waals surface area contributed by atoms with Crippen LogP contribution < -0.4 is 5.32 Å². The summed E-state index contributed by atoms with van der Waals surface area (Å²) in [5.74, 6) is 0. The summed E-state index contributed by atoms with van der Waals surface area (Å²) in [4.78, 5) is 3.81. The van der Waals surface area contributed by atoms with Gasteiger partial charge < -0.3 is 5.32 Å². The van der Waals surface area contributed by atoms with E-state index in [1.54, 1.807) is 12.3 Å². The summed E-state index contributed by atoms with van der Waals surface area (Å²) in [5.41, 5.74) is 0.729. The quantitative estimate of drug-likeness (QED) is 0.532. The minimum Gasteiger partial charge on any atom is -0.344 e. The standard InChI is InChI=1S/C8H13FN2/c1-8(2,3)6-4-5-10-7(9)11-6/h4-5,7,10H,1-3H3. The molecule has 1 unspecified atom stereocenters. The fraction of sp³-hybridized carbons (Fsp3) is 0.625. The van der Waals surface area contributed by atoms with Gasteiger partial charge in [0.25, 0.3) is 6.42 Å². The van der Waals surface area contributed by atoms with E-state index < -0.39 is 6.42 Å². The Hall–Kier alpha value is -0.860. The summed E-state index contributed by atoms with van der Waals surface area (Å²) in [7, 11) is 0. The Balaban J connectivity index is 2.80. The lowest BCUT2D eigenvalue weighted by Gasteiger charge is -2.22. The first-order valence-corrected chi connectivity index (χ1v) is 3.65. The topological polar surface area (TPSA) is 24.4 Å². The smallest absolute Gasteiger partial charge is 0.264 e. The lowest BCUT2D eigenvalue weighted by atomic mass is 9.89. The normalized spacial score (nSPS) is 24.4. The van der Waals surface area contributed by atoms with Crippen LogP contribution in [0.25, 0.3) is 0 Å². The van der Waals surface area contributed by atoms with Crippen molar-refractivity contribution in [2.45, 2.75) is 27.2 Å². The van der Waals surface area contributed by atoms with Gasteiger partial charge in [-0.25, -0.2) is 4.99 Å². The summed E-state index contributed by atoms with van der Waals surface area (Å²) >= 11 is 0. The van der Waals surface area contributed by atoms with Crippen molar-refractivity contribution in [1.29, 1.82) is 0 Å². The molecule has 2 nitrogen and oxygen atoms in total. The number of hydrogen-bond donors (Lipinski definition) is 1. The van der Waals surface area contributed by atoms with E-state index >= 15 is 0 Å². The van der Waals surface area contributed by atoms with Gasteiger partial charge in [0.15, 0.2) is 0 Å². The maximum absolute atomic E-state index is 12.6. The van der Waals surface area contributed by atoms with Crippen LogP contribution in [0.4, 0.5) is 4.39 Å². The first kappa shape index (κ1) is 8.24. The Labute approximate surface area is 66.2 Å². The highest BCUT2D eigenvalue weighted by Gasteiger charge is 2.19. The number of nitrogens with zero attached hydrogens (tertiary/aromatic N) is 1. The molecule has 1 aliphatic heterocycles.